The molecule has 0 fully saturated rings. The fourth-order valence-corrected chi connectivity index (χ4v) is 2.11. The van der Waals surface area contributed by atoms with Crippen LogP contribution in [0.3, 0.4) is 0 Å². The number of rotatable bonds is 5. The first-order valence-corrected chi connectivity index (χ1v) is 6.68. The Labute approximate surface area is 115 Å². The topological polar surface area (TPSA) is 74.6 Å². The maximum absolute atomic E-state index is 11.8. The van der Waals surface area contributed by atoms with Gasteiger partial charge in [-0.25, -0.2) is 4.79 Å². The third-order valence-electron chi connectivity index (χ3n) is 2.16. The standard InChI is InChI=1S/C11H10Br2O4/c12-4-3-9(14)7-2-1-6(13)5-8(7)10(15)11(16)17/h1-2,5,10,15H,3-4H2,(H,16,17). The Balaban J connectivity index is 3.21. The molecule has 17 heavy (non-hydrogen) atoms. The average molecular weight is 366 g/mol. The fraction of sp³-hybridized carbons (Fsp3) is 0.273. The molecule has 4 nitrogen and oxygen atoms in total. The molecule has 0 heterocycles. The van der Waals surface area contributed by atoms with E-state index < -0.39 is 12.1 Å². The molecule has 1 unspecified atom stereocenters. The number of benzene rings is 1. The van der Waals surface area contributed by atoms with E-state index in [2.05, 4.69) is 31.9 Å². The van der Waals surface area contributed by atoms with E-state index in [1.54, 1.807) is 6.07 Å². The van der Waals surface area contributed by atoms with Gasteiger partial charge in [-0.1, -0.05) is 31.9 Å². The van der Waals surface area contributed by atoms with Crippen LogP contribution in [0.1, 0.15) is 28.4 Å². The number of carbonyl (C=O) groups excluding carboxylic acids is 1. The van der Waals surface area contributed by atoms with Crippen molar-refractivity contribution >= 4 is 43.6 Å². The van der Waals surface area contributed by atoms with Crippen molar-refractivity contribution < 1.29 is 19.8 Å². The van der Waals surface area contributed by atoms with E-state index in [9.17, 15) is 14.7 Å². The fourth-order valence-electron chi connectivity index (χ4n) is 1.37. The number of alkyl halides is 1. The van der Waals surface area contributed by atoms with Gasteiger partial charge in [-0.3, -0.25) is 4.79 Å². The van der Waals surface area contributed by atoms with Crippen molar-refractivity contribution in [3.05, 3.63) is 33.8 Å². The van der Waals surface area contributed by atoms with Crippen LogP contribution >= 0.6 is 31.9 Å². The number of carbonyl (C=O) groups is 2. The number of aliphatic carboxylic acids is 1. The monoisotopic (exact) mass is 364 g/mol. The van der Waals surface area contributed by atoms with Crippen molar-refractivity contribution in [2.24, 2.45) is 0 Å². The van der Waals surface area contributed by atoms with Crippen molar-refractivity contribution in [1.29, 1.82) is 0 Å². The summed E-state index contributed by atoms with van der Waals surface area (Å²) in [7, 11) is 0. The number of hydrogen-bond donors (Lipinski definition) is 2. The molecule has 1 aromatic carbocycles. The molecule has 0 saturated carbocycles. The zero-order valence-corrected chi connectivity index (χ0v) is 11.9. The molecule has 1 rings (SSSR count). The van der Waals surface area contributed by atoms with Gasteiger partial charge in [0.05, 0.1) is 0 Å². The average Bonchev–Trinajstić information content (AvgIpc) is 2.28. The van der Waals surface area contributed by atoms with Gasteiger partial charge in [0, 0.05) is 27.4 Å². The highest BCUT2D eigenvalue weighted by Gasteiger charge is 2.22. The number of Topliss-reactive ketones (excluding diaryl/α,β-unsaturated/α-hetero) is 1. The van der Waals surface area contributed by atoms with Crippen molar-refractivity contribution in [2.45, 2.75) is 12.5 Å². The molecule has 0 bridgehead atoms. The van der Waals surface area contributed by atoms with E-state index in [4.69, 9.17) is 5.11 Å². The lowest BCUT2D eigenvalue weighted by atomic mass is 9.98. The first-order valence-electron chi connectivity index (χ1n) is 4.77. The van der Waals surface area contributed by atoms with Crippen LogP contribution < -0.4 is 0 Å². The highest BCUT2D eigenvalue weighted by molar-refractivity contribution is 9.10. The van der Waals surface area contributed by atoms with Gasteiger partial charge in [0.1, 0.15) is 0 Å². The van der Waals surface area contributed by atoms with E-state index in [1.807, 2.05) is 0 Å². The summed E-state index contributed by atoms with van der Waals surface area (Å²) in [5.74, 6) is -1.58. The van der Waals surface area contributed by atoms with Crippen molar-refractivity contribution in [3.63, 3.8) is 0 Å². The Kier molecular flexibility index (Phi) is 5.30. The number of carboxylic acid groups (broad SMARTS) is 1. The van der Waals surface area contributed by atoms with Crippen LogP contribution in [0.15, 0.2) is 22.7 Å². The summed E-state index contributed by atoms with van der Waals surface area (Å²) in [6.45, 7) is 0. The molecule has 0 aliphatic heterocycles. The third-order valence-corrected chi connectivity index (χ3v) is 3.05. The zero-order chi connectivity index (χ0) is 13.0. The molecule has 6 heteroatoms. The van der Waals surface area contributed by atoms with Gasteiger partial charge < -0.3 is 10.2 Å². The Morgan fingerprint density at radius 2 is 2.00 bits per heavy atom. The van der Waals surface area contributed by atoms with Crippen molar-refractivity contribution in [3.8, 4) is 0 Å². The molecule has 0 saturated heterocycles. The lowest BCUT2D eigenvalue weighted by Gasteiger charge is -2.11. The molecular weight excluding hydrogens is 356 g/mol. The van der Waals surface area contributed by atoms with Crippen LogP contribution in [0.2, 0.25) is 0 Å². The van der Waals surface area contributed by atoms with Gasteiger partial charge in [0.2, 0.25) is 0 Å². The van der Waals surface area contributed by atoms with E-state index in [0.29, 0.717) is 9.80 Å². The second-order valence-corrected chi connectivity index (χ2v) is 5.04. The van der Waals surface area contributed by atoms with Crippen LogP contribution in [0, 0.1) is 0 Å². The van der Waals surface area contributed by atoms with Gasteiger partial charge in [0.15, 0.2) is 11.9 Å². The Morgan fingerprint density at radius 3 is 2.53 bits per heavy atom. The number of hydrogen-bond acceptors (Lipinski definition) is 3. The Hall–Kier alpha value is -0.720. The lowest BCUT2D eigenvalue weighted by molar-refractivity contribution is -0.146. The van der Waals surface area contributed by atoms with Gasteiger partial charge >= 0.3 is 5.97 Å². The highest BCUT2D eigenvalue weighted by atomic mass is 79.9. The molecule has 92 valence electrons. The minimum absolute atomic E-state index is 0.109. The summed E-state index contributed by atoms with van der Waals surface area (Å²) in [6, 6.07) is 4.59. The number of carboxylic acids is 1. The number of aliphatic hydroxyl groups excluding tert-OH is 1. The summed E-state index contributed by atoms with van der Waals surface area (Å²) in [4.78, 5) is 22.5. The van der Waals surface area contributed by atoms with Crippen molar-refractivity contribution in [1.82, 2.24) is 0 Å². The van der Waals surface area contributed by atoms with Crippen LogP contribution in [0.5, 0.6) is 0 Å². The second kappa shape index (κ2) is 6.28. The third kappa shape index (κ3) is 3.62. The summed E-state index contributed by atoms with van der Waals surface area (Å²) >= 11 is 6.32. The molecule has 0 aliphatic rings. The van der Waals surface area contributed by atoms with E-state index in [-0.39, 0.29) is 23.3 Å². The molecule has 1 aromatic rings. The molecule has 1 atom stereocenters. The molecule has 0 spiro atoms. The minimum atomic E-state index is -1.69. The lowest BCUT2D eigenvalue weighted by Crippen LogP contribution is -2.15. The highest BCUT2D eigenvalue weighted by Crippen LogP contribution is 2.24. The first-order chi connectivity index (χ1) is 7.97. The largest absolute Gasteiger partial charge is 0.479 e. The maximum atomic E-state index is 11.8. The van der Waals surface area contributed by atoms with Gasteiger partial charge in [0.25, 0.3) is 0 Å². The molecular formula is C11H10Br2O4. The maximum Gasteiger partial charge on any atom is 0.337 e. The van der Waals surface area contributed by atoms with Crippen molar-refractivity contribution in [2.75, 3.05) is 5.33 Å². The van der Waals surface area contributed by atoms with Crippen LogP contribution in [-0.4, -0.2) is 27.3 Å². The first kappa shape index (κ1) is 14.3. The number of aliphatic hydroxyl groups is 1. The predicted octanol–water partition coefficient (Wildman–Crippen LogP) is 2.53. The molecule has 0 aromatic heterocycles. The van der Waals surface area contributed by atoms with E-state index >= 15 is 0 Å². The summed E-state index contributed by atoms with van der Waals surface area (Å²) < 4.78 is 0.614. The van der Waals surface area contributed by atoms with E-state index in [1.165, 1.54) is 12.1 Å². The van der Waals surface area contributed by atoms with Gasteiger partial charge in [-0.15, -0.1) is 0 Å². The Morgan fingerprint density at radius 1 is 1.35 bits per heavy atom. The SMILES string of the molecule is O=C(CCBr)c1ccc(Br)cc1C(O)C(=O)O. The predicted molar refractivity (Wildman–Crippen MR) is 69.5 cm³/mol. The summed E-state index contributed by atoms with van der Waals surface area (Å²) in [6.07, 6.45) is -1.44. The van der Waals surface area contributed by atoms with Crippen LogP contribution in [0.4, 0.5) is 0 Å². The van der Waals surface area contributed by atoms with Crippen LogP contribution in [0.25, 0.3) is 0 Å². The normalized spacial score (nSPS) is 12.2. The molecule has 0 aliphatic carbocycles. The molecule has 2 N–H and O–H groups in total. The smallest absolute Gasteiger partial charge is 0.337 e. The minimum Gasteiger partial charge on any atom is -0.479 e. The number of ketones is 1. The second-order valence-electron chi connectivity index (χ2n) is 3.33. The van der Waals surface area contributed by atoms with Gasteiger partial charge in [-0.2, -0.15) is 0 Å². The molecule has 0 amide bonds. The van der Waals surface area contributed by atoms with E-state index in [0.717, 1.165) is 0 Å². The summed E-state index contributed by atoms with van der Waals surface area (Å²) in [5, 5.41) is 18.8. The Bertz CT molecular complexity index is 445. The molecule has 0 radical (unpaired) electrons. The zero-order valence-electron chi connectivity index (χ0n) is 8.69. The van der Waals surface area contributed by atoms with Crippen LogP contribution in [-0.2, 0) is 4.79 Å². The van der Waals surface area contributed by atoms with Gasteiger partial charge in [-0.05, 0) is 18.2 Å². The number of halogens is 2. The quantitative estimate of drug-likeness (QED) is 0.621. The summed E-state index contributed by atoms with van der Waals surface area (Å²) in [5.41, 5.74) is 0.348.